The minimum absolute atomic E-state index is 0.682. The minimum Gasteiger partial charge on any atom is -0.493 e. The molecule has 4 aliphatic carbocycles. The van der Waals surface area contributed by atoms with Gasteiger partial charge >= 0.3 is 0 Å². The molecule has 1 aromatic carbocycles. The number of methoxy groups -OCH3 is 3. The normalized spacial score (nSPS) is 35.5. The molecule has 0 unspecified atom stereocenters. The van der Waals surface area contributed by atoms with E-state index in [4.69, 9.17) is 14.2 Å². The van der Waals surface area contributed by atoms with Gasteiger partial charge in [0.05, 0.1) is 21.3 Å². The molecule has 5 rings (SSSR count). The molecule has 0 N–H and O–H groups in total. The highest BCUT2D eigenvalue weighted by atomic mass is 16.5. The maximum Gasteiger partial charge on any atom is 0.203 e. The van der Waals surface area contributed by atoms with Gasteiger partial charge in [-0.1, -0.05) is 0 Å². The van der Waals surface area contributed by atoms with Gasteiger partial charge in [-0.05, 0) is 79.4 Å². The van der Waals surface area contributed by atoms with E-state index in [1.54, 1.807) is 21.3 Å². The highest BCUT2D eigenvalue weighted by molar-refractivity contribution is 5.54. The van der Waals surface area contributed by atoms with Crippen LogP contribution in [0.3, 0.4) is 0 Å². The number of ether oxygens (including phenoxy) is 3. The molecule has 1 aromatic rings. The Morgan fingerprint density at radius 2 is 1.23 bits per heavy atom. The summed E-state index contributed by atoms with van der Waals surface area (Å²) in [5.41, 5.74) is 1.39. The molecule has 4 saturated carbocycles. The van der Waals surface area contributed by atoms with Crippen molar-refractivity contribution in [2.24, 2.45) is 23.7 Å². The molecule has 0 saturated heterocycles. The molecule has 4 bridgehead atoms. The lowest BCUT2D eigenvalue weighted by Crippen LogP contribution is -2.43. The average Bonchev–Trinajstić information content (AvgIpc) is 2.52. The summed E-state index contributed by atoms with van der Waals surface area (Å²) in [6, 6.07) is 4.38. The van der Waals surface area contributed by atoms with Gasteiger partial charge in [0.1, 0.15) is 0 Å². The van der Waals surface area contributed by atoms with Gasteiger partial charge < -0.3 is 14.2 Å². The summed E-state index contributed by atoms with van der Waals surface area (Å²) in [4.78, 5) is 0. The van der Waals surface area contributed by atoms with Gasteiger partial charge in [-0.15, -0.1) is 0 Å². The van der Waals surface area contributed by atoms with Crippen LogP contribution in [0.25, 0.3) is 0 Å². The number of hydrogen-bond donors (Lipinski definition) is 0. The van der Waals surface area contributed by atoms with E-state index in [1.807, 2.05) is 0 Å². The van der Waals surface area contributed by atoms with Crippen molar-refractivity contribution in [1.29, 1.82) is 0 Å². The Bertz CT molecular complexity index is 513. The molecule has 120 valence electrons. The molecule has 4 fully saturated rings. The summed E-state index contributed by atoms with van der Waals surface area (Å²) in [6.07, 6.45) is 7.19. The van der Waals surface area contributed by atoms with Gasteiger partial charge in [-0.3, -0.25) is 0 Å². The van der Waals surface area contributed by atoms with E-state index in [0.29, 0.717) is 11.7 Å². The van der Waals surface area contributed by atoms with E-state index in [2.05, 4.69) is 12.1 Å². The monoisotopic (exact) mass is 302 g/mol. The van der Waals surface area contributed by atoms with E-state index in [9.17, 15) is 0 Å². The van der Waals surface area contributed by atoms with Gasteiger partial charge in [-0.2, -0.15) is 0 Å². The molecule has 0 atom stereocenters. The molecule has 4 aliphatic rings. The third-order valence-corrected chi connectivity index (χ3v) is 6.30. The van der Waals surface area contributed by atoms with Crippen molar-refractivity contribution in [3.05, 3.63) is 17.7 Å². The standard InChI is InChI=1S/C19H26O3/c1-20-16-9-15(10-17(21-2)19(16)22-3)18-13-5-11-4-12(7-13)8-14(18)6-11/h9-14,18H,4-8H2,1-3H3. The molecule has 3 heteroatoms. The molecule has 0 spiro atoms. The van der Waals surface area contributed by atoms with Gasteiger partial charge in [0.15, 0.2) is 11.5 Å². The van der Waals surface area contributed by atoms with Crippen LogP contribution >= 0.6 is 0 Å². The lowest BCUT2D eigenvalue weighted by atomic mass is 9.51. The summed E-state index contributed by atoms with van der Waals surface area (Å²) in [5, 5.41) is 0. The summed E-state index contributed by atoms with van der Waals surface area (Å²) in [5.74, 6) is 6.70. The quantitative estimate of drug-likeness (QED) is 0.832. The first kappa shape index (κ1) is 14.2. The predicted molar refractivity (Wildman–Crippen MR) is 85.9 cm³/mol. The SMILES string of the molecule is COc1cc(C2C3CC4CC(C3)CC2C4)cc(OC)c1OC. The highest BCUT2D eigenvalue weighted by Crippen LogP contribution is 2.60. The Morgan fingerprint density at radius 3 is 1.64 bits per heavy atom. The molecule has 22 heavy (non-hydrogen) atoms. The number of hydrogen-bond acceptors (Lipinski definition) is 3. The fourth-order valence-corrected chi connectivity index (χ4v) is 5.76. The third-order valence-electron chi connectivity index (χ3n) is 6.30. The number of rotatable bonds is 4. The lowest BCUT2D eigenvalue weighted by Gasteiger charge is -2.54. The molecular formula is C19H26O3. The topological polar surface area (TPSA) is 27.7 Å². The van der Waals surface area contributed by atoms with Crippen LogP contribution in [-0.4, -0.2) is 21.3 Å². The fourth-order valence-electron chi connectivity index (χ4n) is 5.76. The molecule has 0 heterocycles. The van der Waals surface area contributed by atoms with Crippen LogP contribution in [-0.2, 0) is 0 Å². The molecule has 0 aromatic heterocycles. The second-order valence-corrected chi connectivity index (χ2v) is 7.42. The van der Waals surface area contributed by atoms with Crippen molar-refractivity contribution in [3.63, 3.8) is 0 Å². The Morgan fingerprint density at radius 1 is 0.727 bits per heavy atom. The van der Waals surface area contributed by atoms with Crippen molar-refractivity contribution in [2.75, 3.05) is 21.3 Å². The lowest BCUT2D eigenvalue weighted by molar-refractivity contribution is -0.00290. The van der Waals surface area contributed by atoms with Gasteiger partial charge in [-0.25, -0.2) is 0 Å². The van der Waals surface area contributed by atoms with Crippen molar-refractivity contribution in [3.8, 4) is 17.2 Å². The predicted octanol–water partition coefficient (Wildman–Crippen LogP) is 4.25. The Labute approximate surface area is 132 Å². The van der Waals surface area contributed by atoms with Gasteiger partial charge in [0.2, 0.25) is 5.75 Å². The maximum atomic E-state index is 5.56. The summed E-state index contributed by atoms with van der Waals surface area (Å²) in [6.45, 7) is 0. The van der Waals surface area contributed by atoms with Crippen LogP contribution < -0.4 is 14.2 Å². The first-order chi connectivity index (χ1) is 10.7. The van der Waals surface area contributed by atoms with Crippen molar-refractivity contribution in [2.45, 2.75) is 38.0 Å². The van der Waals surface area contributed by atoms with E-state index in [1.165, 1.54) is 37.7 Å². The molecule has 0 aliphatic heterocycles. The van der Waals surface area contributed by atoms with Crippen LogP contribution in [0.1, 0.15) is 43.6 Å². The zero-order valence-corrected chi connectivity index (χ0v) is 13.8. The molecular weight excluding hydrogens is 276 g/mol. The fraction of sp³-hybridized carbons (Fsp3) is 0.684. The molecule has 3 nitrogen and oxygen atoms in total. The van der Waals surface area contributed by atoms with Crippen LogP contribution in [0.2, 0.25) is 0 Å². The van der Waals surface area contributed by atoms with Crippen LogP contribution in [0, 0.1) is 23.7 Å². The largest absolute Gasteiger partial charge is 0.493 e. The second-order valence-electron chi connectivity index (χ2n) is 7.42. The summed E-state index contributed by atoms with van der Waals surface area (Å²) < 4.78 is 16.6. The first-order valence-corrected chi connectivity index (χ1v) is 8.53. The minimum atomic E-state index is 0.682. The van der Waals surface area contributed by atoms with Crippen LogP contribution in [0.5, 0.6) is 17.2 Å². The van der Waals surface area contributed by atoms with Crippen LogP contribution in [0.4, 0.5) is 0 Å². The highest BCUT2D eigenvalue weighted by Gasteiger charge is 2.48. The third kappa shape index (κ3) is 2.09. The Hall–Kier alpha value is -1.38. The van der Waals surface area contributed by atoms with Crippen molar-refractivity contribution in [1.82, 2.24) is 0 Å². The smallest absolute Gasteiger partial charge is 0.203 e. The first-order valence-electron chi connectivity index (χ1n) is 8.53. The second kappa shape index (κ2) is 5.36. The van der Waals surface area contributed by atoms with E-state index < -0.39 is 0 Å². The molecule has 0 amide bonds. The zero-order chi connectivity index (χ0) is 15.3. The van der Waals surface area contributed by atoms with Crippen molar-refractivity contribution < 1.29 is 14.2 Å². The maximum absolute atomic E-state index is 5.56. The Balaban J connectivity index is 1.73. The van der Waals surface area contributed by atoms with Gasteiger partial charge in [0, 0.05) is 0 Å². The molecule has 0 radical (unpaired) electrons. The average molecular weight is 302 g/mol. The Kier molecular flexibility index (Phi) is 3.47. The summed E-state index contributed by atoms with van der Waals surface area (Å²) >= 11 is 0. The summed E-state index contributed by atoms with van der Waals surface area (Å²) in [7, 11) is 5.08. The number of benzene rings is 1. The van der Waals surface area contributed by atoms with E-state index in [0.717, 1.165) is 35.2 Å². The van der Waals surface area contributed by atoms with E-state index >= 15 is 0 Å². The van der Waals surface area contributed by atoms with Gasteiger partial charge in [0.25, 0.3) is 0 Å². The van der Waals surface area contributed by atoms with E-state index in [-0.39, 0.29) is 0 Å². The van der Waals surface area contributed by atoms with Crippen LogP contribution in [0.15, 0.2) is 12.1 Å². The zero-order valence-electron chi connectivity index (χ0n) is 13.8. The van der Waals surface area contributed by atoms with Crippen molar-refractivity contribution >= 4 is 0 Å².